The Morgan fingerprint density at radius 1 is 0.933 bits per heavy atom. The number of hydrogen-bond acceptors (Lipinski definition) is 6. The van der Waals surface area contributed by atoms with Crippen molar-refractivity contribution in [1.29, 1.82) is 0 Å². The Labute approximate surface area is 87.4 Å². The molecule has 2 fully saturated rings. The van der Waals surface area contributed by atoms with Crippen molar-refractivity contribution in [2.75, 3.05) is 13.2 Å². The maximum absolute atomic E-state index is 9.70. The molecule has 0 aromatic rings. The van der Waals surface area contributed by atoms with Crippen LogP contribution in [0.5, 0.6) is 0 Å². The second-order valence-corrected chi connectivity index (χ2v) is 4.30. The van der Waals surface area contributed by atoms with Crippen LogP contribution in [0.3, 0.4) is 0 Å². The predicted octanol–water partition coefficient (Wildman–Crippen LogP) is -3.12. The maximum Gasteiger partial charge on any atom is 0.0991 e. The predicted molar refractivity (Wildman–Crippen MR) is 50.0 cm³/mol. The van der Waals surface area contributed by atoms with E-state index in [4.69, 9.17) is 10.2 Å². The van der Waals surface area contributed by atoms with Crippen LogP contribution < -0.4 is 0 Å². The monoisotopic (exact) mass is 219 g/mol. The highest BCUT2D eigenvalue weighted by atomic mass is 16.3. The van der Waals surface area contributed by atoms with E-state index in [-0.39, 0.29) is 19.3 Å². The largest absolute Gasteiger partial charge is 0.395 e. The number of hydrogen-bond donors (Lipinski definition) is 5. The fraction of sp³-hybridized carbons (Fsp3) is 1.00. The van der Waals surface area contributed by atoms with Gasteiger partial charge >= 0.3 is 0 Å². The van der Waals surface area contributed by atoms with Crippen LogP contribution in [-0.2, 0) is 0 Å². The molecule has 5 N–H and O–H groups in total. The van der Waals surface area contributed by atoms with Gasteiger partial charge in [0.2, 0.25) is 0 Å². The zero-order chi connectivity index (χ0) is 11.2. The molecule has 0 bridgehead atoms. The lowest BCUT2D eigenvalue weighted by Crippen LogP contribution is -2.47. The Kier molecular flexibility index (Phi) is 2.98. The van der Waals surface area contributed by atoms with Crippen molar-refractivity contribution in [1.82, 2.24) is 4.90 Å². The van der Waals surface area contributed by atoms with Crippen LogP contribution in [0.15, 0.2) is 0 Å². The highest BCUT2D eigenvalue weighted by Crippen LogP contribution is 2.37. The molecule has 6 nitrogen and oxygen atoms in total. The van der Waals surface area contributed by atoms with Crippen molar-refractivity contribution >= 4 is 0 Å². The third-order valence-electron chi connectivity index (χ3n) is 3.59. The molecule has 0 radical (unpaired) electrons. The van der Waals surface area contributed by atoms with Gasteiger partial charge < -0.3 is 25.5 Å². The third-order valence-corrected chi connectivity index (χ3v) is 3.59. The normalized spacial score (nSPS) is 51.0. The molecule has 0 aromatic heterocycles. The zero-order valence-corrected chi connectivity index (χ0v) is 8.27. The Bertz CT molecular complexity index is 237. The molecule has 0 unspecified atom stereocenters. The van der Waals surface area contributed by atoms with Gasteiger partial charge in [-0.15, -0.1) is 0 Å². The van der Waals surface area contributed by atoms with E-state index < -0.39 is 30.4 Å². The summed E-state index contributed by atoms with van der Waals surface area (Å²) in [5.41, 5.74) is 0. The summed E-state index contributed by atoms with van der Waals surface area (Å²) < 4.78 is 0. The van der Waals surface area contributed by atoms with Crippen LogP contribution >= 0.6 is 0 Å². The summed E-state index contributed by atoms with van der Waals surface area (Å²) in [6.07, 6.45) is -2.37. The summed E-state index contributed by atoms with van der Waals surface area (Å²) in [6.45, 7) is -0.536. The first-order valence-corrected chi connectivity index (χ1v) is 5.15. The van der Waals surface area contributed by atoms with Gasteiger partial charge in [0.25, 0.3) is 0 Å². The third kappa shape index (κ3) is 1.49. The van der Waals surface area contributed by atoms with Gasteiger partial charge in [0.1, 0.15) is 0 Å². The number of rotatable bonds is 2. The minimum Gasteiger partial charge on any atom is -0.395 e. The molecule has 88 valence electrons. The fourth-order valence-electron chi connectivity index (χ4n) is 2.83. The van der Waals surface area contributed by atoms with Gasteiger partial charge in [-0.1, -0.05) is 0 Å². The van der Waals surface area contributed by atoms with Crippen molar-refractivity contribution in [3.63, 3.8) is 0 Å². The van der Waals surface area contributed by atoms with E-state index in [2.05, 4.69) is 0 Å². The Morgan fingerprint density at radius 2 is 1.53 bits per heavy atom. The average molecular weight is 219 g/mol. The van der Waals surface area contributed by atoms with Gasteiger partial charge in [-0.2, -0.15) is 0 Å². The summed E-state index contributed by atoms with van der Waals surface area (Å²) in [5.74, 6) is 0. The molecule has 0 saturated carbocycles. The lowest BCUT2D eigenvalue weighted by Gasteiger charge is -2.29. The smallest absolute Gasteiger partial charge is 0.0991 e. The van der Waals surface area contributed by atoms with Crippen LogP contribution in [0.4, 0.5) is 0 Å². The minimum atomic E-state index is -1.01. The molecule has 6 atom stereocenters. The van der Waals surface area contributed by atoms with Gasteiger partial charge in [0.05, 0.1) is 43.6 Å². The second-order valence-electron chi connectivity index (χ2n) is 4.30. The molecular formula is C9H17NO5. The first kappa shape index (κ1) is 11.3. The molecule has 15 heavy (non-hydrogen) atoms. The Hall–Kier alpha value is -0.240. The summed E-state index contributed by atoms with van der Waals surface area (Å²) in [5, 5.41) is 47.2. The fourth-order valence-corrected chi connectivity index (χ4v) is 2.83. The summed E-state index contributed by atoms with van der Waals surface area (Å²) >= 11 is 0. The average Bonchev–Trinajstić information content (AvgIpc) is 2.65. The summed E-state index contributed by atoms with van der Waals surface area (Å²) in [4.78, 5) is 1.64. The highest BCUT2D eigenvalue weighted by molar-refractivity contribution is 5.09. The van der Waals surface area contributed by atoms with Gasteiger partial charge in [0, 0.05) is 6.04 Å². The first-order chi connectivity index (χ1) is 7.11. The van der Waals surface area contributed by atoms with Crippen LogP contribution in [0.25, 0.3) is 0 Å². The van der Waals surface area contributed by atoms with Crippen LogP contribution in [0.1, 0.15) is 6.42 Å². The molecule has 2 aliphatic heterocycles. The lowest BCUT2D eigenvalue weighted by molar-refractivity contribution is -0.00776. The Balaban J connectivity index is 2.23. The van der Waals surface area contributed by atoms with E-state index in [1.165, 1.54) is 0 Å². The molecule has 2 rings (SSSR count). The number of fused-ring (bicyclic) bond motifs is 1. The molecule has 2 aliphatic rings. The van der Waals surface area contributed by atoms with Crippen LogP contribution in [0.2, 0.25) is 0 Å². The first-order valence-electron chi connectivity index (χ1n) is 5.15. The minimum absolute atomic E-state index is 0.242. The number of aliphatic hydroxyl groups is 5. The molecule has 0 aliphatic carbocycles. The van der Waals surface area contributed by atoms with Gasteiger partial charge in [-0.25, -0.2) is 0 Å². The van der Waals surface area contributed by atoms with E-state index in [0.29, 0.717) is 6.42 Å². The Morgan fingerprint density at radius 3 is 2.07 bits per heavy atom. The highest BCUT2D eigenvalue weighted by Gasteiger charge is 2.55. The van der Waals surface area contributed by atoms with Crippen LogP contribution in [0, 0.1) is 0 Å². The van der Waals surface area contributed by atoms with E-state index >= 15 is 0 Å². The SMILES string of the molecule is OC[C@@H]1[C@@H](O)[C@H](O)[C@H]2C[C@@H](O)[C@@H](CO)N12. The quantitative estimate of drug-likeness (QED) is 0.336. The standard InChI is InChI=1S/C9H17NO5/c11-2-5-7(13)1-4-8(14)9(15)6(3-12)10(4)5/h4-9,11-15H,1-3H2/t4-,5-,6-,7-,8-,9-/m1/s1. The number of aliphatic hydroxyl groups excluding tert-OH is 5. The van der Waals surface area contributed by atoms with Crippen LogP contribution in [-0.4, -0.2) is 80.1 Å². The second kappa shape index (κ2) is 3.97. The van der Waals surface area contributed by atoms with E-state index in [0.717, 1.165) is 0 Å². The summed E-state index contributed by atoms with van der Waals surface area (Å²) in [7, 11) is 0. The van der Waals surface area contributed by atoms with E-state index in [1.807, 2.05) is 0 Å². The number of nitrogens with zero attached hydrogens (tertiary/aromatic N) is 1. The maximum atomic E-state index is 9.70. The lowest BCUT2D eigenvalue weighted by atomic mass is 10.0. The summed E-state index contributed by atoms with van der Waals surface area (Å²) in [6, 6.07) is -1.47. The molecule has 2 saturated heterocycles. The van der Waals surface area contributed by atoms with E-state index in [1.54, 1.807) is 4.90 Å². The molecule has 0 amide bonds. The molecule has 6 heteroatoms. The van der Waals surface area contributed by atoms with Gasteiger partial charge in [-0.3, -0.25) is 4.90 Å². The van der Waals surface area contributed by atoms with Crippen molar-refractivity contribution in [2.24, 2.45) is 0 Å². The van der Waals surface area contributed by atoms with Crippen molar-refractivity contribution in [3.05, 3.63) is 0 Å². The molecular weight excluding hydrogens is 202 g/mol. The van der Waals surface area contributed by atoms with Crippen molar-refractivity contribution in [2.45, 2.75) is 42.9 Å². The molecule has 0 spiro atoms. The zero-order valence-electron chi connectivity index (χ0n) is 8.27. The van der Waals surface area contributed by atoms with Crippen molar-refractivity contribution < 1.29 is 25.5 Å². The topological polar surface area (TPSA) is 104 Å². The van der Waals surface area contributed by atoms with E-state index in [9.17, 15) is 15.3 Å². The van der Waals surface area contributed by atoms with Crippen molar-refractivity contribution in [3.8, 4) is 0 Å². The molecule has 0 aromatic carbocycles. The van der Waals surface area contributed by atoms with Gasteiger partial charge in [0.15, 0.2) is 0 Å². The van der Waals surface area contributed by atoms with Gasteiger partial charge in [-0.05, 0) is 6.42 Å². The molecule has 2 heterocycles.